The lowest BCUT2D eigenvalue weighted by Crippen LogP contribution is -2.25. The number of nitrogens with one attached hydrogen (secondary N) is 1. The normalized spacial score (nSPS) is 12.7. The van der Waals surface area contributed by atoms with Gasteiger partial charge in [-0.15, -0.1) is 0 Å². The second-order valence-corrected chi connectivity index (χ2v) is 8.14. The highest BCUT2D eigenvalue weighted by Gasteiger charge is 2.22. The molecule has 2 aromatic rings. The number of sulfonamides is 1. The Morgan fingerprint density at radius 3 is 1.92 bits per heavy atom. The average Bonchev–Trinajstić information content (AvgIpc) is 2.55. The first kappa shape index (κ1) is 17.9. The van der Waals surface area contributed by atoms with Crippen LogP contribution in [0, 0.1) is 5.41 Å². The van der Waals surface area contributed by atoms with Crippen molar-refractivity contribution in [2.45, 2.75) is 25.7 Å². The predicted molar refractivity (Wildman–Crippen MR) is 95.6 cm³/mol. The van der Waals surface area contributed by atoms with Crippen molar-refractivity contribution in [1.82, 2.24) is 4.72 Å². The molecule has 2 rings (SSSR count). The maximum atomic E-state index is 12.6. The standard InChI is InChI=1S/C19H21NO3S/c1-19(2,3)18(21)14-17(15-10-6-4-7-11-15)20-24(22,23)16-12-8-5-9-13-16/h4-14,20H,1-3H3/b17-14-. The Morgan fingerprint density at radius 1 is 0.917 bits per heavy atom. The second kappa shape index (κ2) is 7.01. The van der Waals surface area contributed by atoms with Crippen molar-refractivity contribution < 1.29 is 13.2 Å². The van der Waals surface area contributed by atoms with Gasteiger partial charge in [-0.2, -0.15) is 0 Å². The van der Waals surface area contributed by atoms with Gasteiger partial charge in [0.25, 0.3) is 10.0 Å². The lowest BCUT2D eigenvalue weighted by molar-refractivity contribution is -0.121. The predicted octanol–water partition coefficient (Wildman–Crippen LogP) is 3.62. The Morgan fingerprint density at radius 2 is 1.42 bits per heavy atom. The number of ketones is 1. The third-order valence-electron chi connectivity index (χ3n) is 3.40. The Labute approximate surface area is 143 Å². The minimum Gasteiger partial charge on any atom is -0.294 e. The molecular weight excluding hydrogens is 322 g/mol. The summed E-state index contributed by atoms with van der Waals surface area (Å²) in [5.41, 5.74) is 0.298. The van der Waals surface area contributed by atoms with E-state index in [-0.39, 0.29) is 16.4 Å². The SMILES string of the molecule is CC(C)(C)C(=O)/C=C(\NS(=O)(=O)c1ccccc1)c1ccccc1. The van der Waals surface area contributed by atoms with Crippen LogP contribution in [0.25, 0.3) is 5.70 Å². The van der Waals surface area contributed by atoms with Gasteiger partial charge in [-0.05, 0) is 17.7 Å². The van der Waals surface area contributed by atoms with Crippen molar-refractivity contribution in [3.8, 4) is 0 Å². The second-order valence-electron chi connectivity index (χ2n) is 6.46. The summed E-state index contributed by atoms with van der Waals surface area (Å²) in [7, 11) is -3.77. The van der Waals surface area contributed by atoms with Crippen molar-refractivity contribution in [2.24, 2.45) is 5.41 Å². The Bertz CT molecular complexity index is 833. The Hall–Kier alpha value is -2.40. The van der Waals surface area contributed by atoms with E-state index in [0.29, 0.717) is 5.56 Å². The lowest BCUT2D eigenvalue weighted by atomic mass is 9.90. The van der Waals surface area contributed by atoms with Crippen LogP contribution in [0.5, 0.6) is 0 Å². The first-order valence-electron chi connectivity index (χ1n) is 7.59. The fourth-order valence-corrected chi connectivity index (χ4v) is 3.04. The summed E-state index contributed by atoms with van der Waals surface area (Å²) in [6, 6.07) is 17.0. The van der Waals surface area contributed by atoms with Crippen LogP contribution in [0.3, 0.4) is 0 Å². The van der Waals surface area contributed by atoms with Gasteiger partial charge in [0, 0.05) is 11.5 Å². The molecule has 5 heteroatoms. The van der Waals surface area contributed by atoms with Crippen molar-refractivity contribution in [3.05, 3.63) is 72.3 Å². The van der Waals surface area contributed by atoms with Crippen molar-refractivity contribution >= 4 is 21.5 Å². The number of hydrogen-bond acceptors (Lipinski definition) is 3. The fraction of sp³-hybridized carbons (Fsp3) is 0.211. The van der Waals surface area contributed by atoms with Crippen molar-refractivity contribution in [3.63, 3.8) is 0 Å². The van der Waals surface area contributed by atoms with Gasteiger partial charge < -0.3 is 0 Å². The molecule has 0 aliphatic heterocycles. The van der Waals surface area contributed by atoms with E-state index in [1.54, 1.807) is 63.2 Å². The zero-order valence-electron chi connectivity index (χ0n) is 14.0. The van der Waals surface area contributed by atoms with Crippen molar-refractivity contribution in [2.75, 3.05) is 0 Å². The minimum absolute atomic E-state index is 0.148. The number of rotatable bonds is 5. The molecule has 4 nitrogen and oxygen atoms in total. The van der Waals surface area contributed by atoms with Crippen LogP contribution < -0.4 is 4.72 Å². The molecule has 0 aliphatic rings. The summed E-state index contributed by atoms with van der Waals surface area (Å²) in [5, 5.41) is 0. The molecule has 0 aromatic heterocycles. The van der Waals surface area contributed by atoms with E-state index in [9.17, 15) is 13.2 Å². The molecule has 0 spiro atoms. The van der Waals surface area contributed by atoms with E-state index in [1.807, 2.05) is 6.07 Å². The van der Waals surface area contributed by atoms with Gasteiger partial charge in [-0.3, -0.25) is 9.52 Å². The molecule has 0 bridgehead atoms. The number of hydrogen-bond donors (Lipinski definition) is 1. The van der Waals surface area contributed by atoms with Crippen LogP contribution in [0.1, 0.15) is 26.3 Å². The van der Waals surface area contributed by atoms with E-state index in [2.05, 4.69) is 4.72 Å². The molecule has 1 N–H and O–H groups in total. The fourth-order valence-electron chi connectivity index (χ4n) is 1.94. The molecule has 126 valence electrons. The molecule has 0 radical (unpaired) electrons. The monoisotopic (exact) mass is 343 g/mol. The molecule has 0 saturated heterocycles. The molecule has 2 aromatic carbocycles. The van der Waals surface area contributed by atoms with E-state index in [1.165, 1.54) is 18.2 Å². The highest BCUT2D eigenvalue weighted by Crippen LogP contribution is 2.21. The summed E-state index contributed by atoms with van der Waals surface area (Å²) in [6.07, 6.45) is 1.36. The molecule has 0 saturated carbocycles. The van der Waals surface area contributed by atoms with Crippen molar-refractivity contribution in [1.29, 1.82) is 0 Å². The van der Waals surface area contributed by atoms with E-state index < -0.39 is 15.4 Å². The molecule has 0 atom stereocenters. The molecule has 0 unspecified atom stereocenters. The zero-order chi connectivity index (χ0) is 17.8. The summed E-state index contributed by atoms with van der Waals surface area (Å²) in [6.45, 7) is 5.38. The zero-order valence-corrected chi connectivity index (χ0v) is 14.8. The summed E-state index contributed by atoms with van der Waals surface area (Å²) < 4.78 is 27.7. The van der Waals surface area contributed by atoms with Crippen LogP contribution >= 0.6 is 0 Å². The van der Waals surface area contributed by atoms with Gasteiger partial charge in [0.15, 0.2) is 5.78 Å². The minimum atomic E-state index is -3.77. The van der Waals surface area contributed by atoms with Gasteiger partial charge in [-0.1, -0.05) is 69.3 Å². The van der Waals surface area contributed by atoms with Gasteiger partial charge in [0.1, 0.15) is 0 Å². The third kappa shape index (κ3) is 4.55. The summed E-state index contributed by atoms with van der Waals surface area (Å²) in [5.74, 6) is -0.155. The highest BCUT2D eigenvalue weighted by atomic mass is 32.2. The number of benzene rings is 2. The molecule has 0 amide bonds. The number of carbonyl (C=O) groups excluding carboxylic acids is 1. The highest BCUT2D eigenvalue weighted by molar-refractivity contribution is 7.89. The van der Waals surface area contributed by atoms with Crippen LogP contribution in [0.4, 0.5) is 0 Å². The largest absolute Gasteiger partial charge is 0.294 e. The average molecular weight is 343 g/mol. The Balaban J connectivity index is 2.45. The molecular formula is C19H21NO3S. The maximum Gasteiger partial charge on any atom is 0.261 e. The molecule has 0 aliphatic carbocycles. The van der Waals surface area contributed by atoms with Gasteiger partial charge in [0.05, 0.1) is 10.6 Å². The summed E-state index contributed by atoms with van der Waals surface area (Å²) in [4.78, 5) is 12.5. The molecule has 0 heterocycles. The number of carbonyl (C=O) groups is 1. The van der Waals surface area contributed by atoms with Gasteiger partial charge >= 0.3 is 0 Å². The van der Waals surface area contributed by atoms with E-state index in [0.717, 1.165) is 0 Å². The Kier molecular flexibility index (Phi) is 5.24. The number of allylic oxidation sites excluding steroid dienone is 1. The van der Waals surface area contributed by atoms with Crippen LogP contribution in [0.15, 0.2) is 71.6 Å². The lowest BCUT2D eigenvalue weighted by Gasteiger charge is -2.17. The topological polar surface area (TPSA) is 63.2 Å². The van der Waals surface area contributed by atoms with E-state index in [4.69, 9.17) is 0 Å². The maximum absolute atomic E-state index is 12.6. The quantitative estimate of drug-likeness (QED) is 0.843. The van der Waals surface area contributed by atoms with Crippen LogP contribution in [-0.4, -0.2) is 14.2 Å². The first-order chi connectivity index (χ1) is 11.2. The van der Waals surface area contributed by atoms with Gasteiger partial charge in [0.2, 0.25) is 0 Å². The smallest absolute Gasteiger partial charge is 0.261 e. The molecule has 0 fully saturated rings. The van der Waals surface area contributed by atoms with Crippen LogP contribution in [-0.2, 0) is 14.8 Å². The van der Waals surface area contributed by atoms with E-state index >= 15 is 0 Å². The van der Waals surface area contributed by atoms with Gasteiger partial charge in [-0.25, -0.2) is 8.42 Å². The first-order valence-corrected chi connectivity index (χ1v) is 9.08. The third-order valence-corrected chi connectivity index (χ3v) is 4.78. The van der Waals surface area contributed by atoms with Crippen LogP contribution in [0.2, 0.25) is 0 Å². The summed E-state index contributed by atoms with van der Waals surface area (Å²) >= 11 is 0. The molecule has 24 heavy (non-hydrogen) atoms.